The van der Waals surface area contributed by atoms with Gasteiger partial charge in [-0.3, -0.25) is 57.5 Å². The number of fused-ring (bicyclic) bond motifs is 1. The molecule has 3 aliphatic rings. The third-order valence-corrected chi connectivity index (χ3v) is 19.5. The number of benzene rings is 2. The highest BCUT2D eigenvalue weighted by atomic mass is 127. The van der Waals surface area contributed by atoms with E-state index in [-0.39, 0.29) is 56.9 Å². The van der Waals surface area contributed by atoms with Crippen molar-refractivity contribution in [3.05, 3.63) is 80.4 Å². The monoisotopic (exact) mass is 1450 g/mol. The molecule has 4 N–H and O–H groups in total. The molecule has 2 aromatic rings. The molecule has 0 radical (unpaired) electrons. The molecule has 0 bridgehead atoms. The number of rotatable bonds is 13. The third kappa shape index (κ3) is 21.2. The molecule has 524 valence electrons. The summed E-state index contributed by atoms with van der Waals surface area (Å²) in [7, 11) is 8.44. The molecule has 12 amide bonds. The fourth-order valence-electron chi connectivity index (χ4n) is 12.0. The van der Waals surface area contributed by atoms with Crippen molar-refractivity contribution in [3.63, 3.8) is 0 Å². The van der Waals surface area contributed by atoms with Crippen molar-refractivity contribution in [2.24, 2.45) is 17.8 Å². The van der Waals surface area contributed by atoms with Crippen LogP contribution in [0.4, 0.5) is 0 Å². The summed E-state index contributed by atoms with van der Waals surface area (Å²) in [6, 6.07) is 3.85. The summed E-state index contributed by atoms with van der Waals surface area (Å²) in [5.41, 5.74) is 0.0238. The van der Waals surface area contributed by atoms with Gasteiger partial charge in [-0.25, -0.2) is 0 Å². The Balaban J connectivity index is 1.62. The highest BCUT2D eigenvalue weighted by Crippen LogP contribution is 2.26. The molecule has 0 saturated carbocycles. The Bertz CT molecular complexity index is 3140. The number of hydrogen-bond donors (Lipinski definition) is 4. The van der Waals surface area contributed by atoms with Gasteiger partial charge in [-0.05, 0) is 141 Å². The van der Waals surface area contributed by atoms with E-state index >= 15 is 4.79 Å². The zero-order valence-electron chi connectivity index (χ0n) is 58.2. The van der Waals surface area contributed by atoms with Crippen LogP contribution in [0.3, 0.4) is 0 Å². The Morgan fingerprint density at radius 3 is 1.83 bits per heavy atom. The first-order valence-corrected chi connectivity index (χ1v) is 34.4. The zero-order valence-corrected chi connectivity index (χ0v) is 61.1. The molecule has 5 rings (SSSR count). The molecular weight excluding hydrogens is 1350 g/mol. The first-order valence-electron chi connectivity index (χ1n) is 33.0. The lowest BCUT2D eigenvalue weighted by molar-refractivity contribution is -0.157. The predicted octanol–water partition coefficient (Wildman–Crippen LogP) is 4.43. The molecule has 0 aromatic heterocycles. The zero-order chi connectivity index (χ0) is 71.1. The lowest BCUT2D eigenvalue weighted by Gasteiger charge is -2.43. The molecule has 3 fully saturated rings. The standard InChI is InChI=1S/C69H102ClIN12O12/c1-17-44(8)59-67(94)77(12)40-58(86)83-31-28-52(83)65(92)80(15)54(37-45-24-26-47(70)27-25-45)64(91)76(11)39-56(84)72-49(36-46-22-21-23-48(71)35-46)60(87)73-51(33-42(4)5)63(90)81(16)69(9,10)68(95)74-50(32-41(2)3)62(89)79(14)55(66(93)82-29-19-18-20-30-82)38-57(85)78(13)53(34-43(6)7)61(88)75-59/h21-27,35,41,43-44,49-55,59H,4,17-20,28-34,36-40H2,1-3,5-16H3,(H,72,84)(H,73,87)(H,74,95)(H,75,88)/t44-,49-,50-,51-,52?,53-,54-,55-,59-/m0/s1. The van der Waals surface area contributed by atoms with E-state index in [1.165, 1.54) is 80.6 Å². The van der Waals surface area contributed by atoms with E-state index in [1.54, 1.807) is 55.1 Å². The molecule has 0 aliphatic carbocycles. The van der Waals surface area contributed by atoms with Crippen molar-refractivity contribution in [3.8, 4) is 0 Å². The smallest absolute Gasteiger partial charge is 0.246 e. The summed E-state index contributed by atoms with van der Waals surface area (Å²) in [5.74, 6) is -8.84. The van der Waals surface area contributed by atoms with Crippen LogP contribution in [-0.4, -0.2) is 239 Å². The van der Waals surface area contributed by atoms with Gasteiger partial charge in [0.2, 0.25) is 70.9 Å². The number of halogens is 2. The van der Waals surface area contributed by atoms with Crippen LogP contribution < -0.4 is 21.3 Å². The lowest BCUT2D eigenvalue weighted by atomic mass is 9.95. The number of nitrogens with zero attached hydrogens (tertiary/aromatic N) is 8. The summed E-state index contributed by atoms with van der Waals surface area (Å²) in [6.45, 7) is 19.5. The average molecular weight is 1450 g/mol. The van der Waals surface area contributed by atoms with Gasteiger partial charge in [0.05, 0.1) is 19.5 Å². The molecule has 2 aromatic carbocycles. The van der Waals surface area contributed by atoms with Crippen LogP contribution in [0, 0.1) is 21.3 Å². The van der Waals surface area contributed by atoms with E-state index in [4.69, 9.17) is 11.6 Å². The maximum Gasteiger partial charge on any atom is 0.246 e. The van der Waals surface area contributed by atoms with Gasteiger partial charge in [0.1, 0.15) is 53.9 Å². The van der Waals surface area contributed by atoms with E-state index in [1.807, 2.05) is 46.8 Å². The third-order valence-electron chi connectivity index (χ3n) is 18.5. The number of carbonyl (C=O) groups excluding carboxylic acids is 12. The van der Waals surface area contributed by atoms with E-state index in [0.717, 1.165) is 19.8 Å². The summed E-state index contributed by atoms with van der Waals surface area (Å²) in [6.07, 6.45) is 2.34. The Morgan fingerprint density at radius 1 is 0.642 bits per heavy atom. The highest BCUT2D eigenvalue weighted by Gasteiger charge is 2.46. The Kier molecular flexibility index (Phi) is 29.1. The van der Waals surface area contributed by atoms with Gasteiger partial charge < -0.3 is 60.5 Å². The van der Waals surface area contributed by atoms with E-state index < -0.39 is 150 Å². The fourth-order valence-corrected chi connectivity index (χ4v) is 12.7. The van der Waals surface area contributed by atoms with E-state index in [2.05, 4.69) is 50.4 Å². The molecule has 0 spiro atoms. The number of carbonyl (C=O) groups is 12. The SMILES string of the molecule is C=C(C)C[C@@H]1NC(=O)[C@H](Cc2cccc(I)c2)NC(=O)CN(C)C(=O)[C@H](Cc2ccc(Cl)cc2)N(C)C(=O)C2CCN2C(=O)CN(C)C(=O)[C@H]([C@@H](C)CC)NC(=O)[C@H](CC(C)C)N(C)C(=O)C[C@@H](C(=O)N2CCCCC2)N(C)C(=O)[C@H](CC(C)C)NC(=O)C(C)(C)N(C)C1=O. The average Bonchev–Trinajstić information content (AvgIpc) is 0.800. The van der Waals surface area contributed by atoms with Gasteiger partial charge in [-0.1, -0.05) is 89.4 Å². The first kappa shape index (κ1) is 78.5. The number of nitrogens with one attached hydrogen (secondary N) is 4. The minimum atomic E-state index is -1.73. The van der Waals surface area contributed by atoms with Crippen molar-refractivity contribution >= 4 is 105 Å². The van der Waals surface area contributed by atoms with Crippen LogP contribution in [0.1, 0.15) is 131 Å². The maximum absolute atomic E-state index is 15.1. The molecule has 95 heavy (non-hydrogen) atoms. The summed E-state index contributed by atoms with van der Waals surface area (Å²) < 4.78 is 0.834. The molecule has 3 saturated heterocycles. The van der Waals surface area contributed by atoms with E-state index in [0.29, 0.717) is 54.1 Å². The van der Waals surface area contributed by atoms with Crippen molar-refractivity contribution in [2.45, 2.75) is 187 Å². The minimum absolute atomic E-state index is 0.0392. The van der Waals surface area contributed by atoms with Crippen LogP contribution in [0.2, 0.25) is 5.02 Å². The number of hydrogen-bond acceptors (Lipinski definition) is 12. The highest BCUT2D eigenvalue weighted by molar-refractivity contribution is 14.1. The molecule has 24 nitrogen and oxygen atoms in total. The lowest BCUT2D eigenvalue weighted by Crippen LogP contribution is -2.64. The maximum atomic E-state index is 15.1. The number of likely N-dealkylation sites (N-methyl/N-ethyl adjacent to an activating group) is 6. The van der Waals surface area contributed by atoms with Crippen molar-refractivity contribution in [1.29, 1.82) is 0 Å². The van der Waals surface area contributed by atoms with Gasteiger partial charge in [0, 0.05) is 83.4 Å². The number of amides is 12. The molecule has 3 aliphatic heterocycles. The van der Waals surface area contributed by atoms with Crippen LogP contribution in [-0.2, 0) is 70.4 Å². The van der Waals surface area contributed by atoms with E-state index in [9.17, 15) is 52.7 Å². The molecule has 3 heterocycles. The largest absolute Gasteiger partial charge is 0.342 e. The second-order valence-electron chi connectivity index (χ2n) is 27.4. The second kappa shape index (κ2) is 35.2. The summed E-state index contributed by atoms with van der Waals surface area (Å²) >= 11 is 8.38. The molecular formula is C69H102ClIN12O12. The molecule has 1 unspecified atom stereocenters. The Hall–Kier alpha value is -7.16. The van der Waals surface area contributed by atoms with Gasteiger partial charge >= 0.3 is 0 Å². The van der Waals surface area contributed by atoms with Crippen LogP contribution in [0.15, 0.2) is 60.7 Å². The minimum Gasteiger partial charge on any atom is -0.342 e. The number of likely N-dealkylation sites (tertiary alicyclic amines) is 1. The van der Waals surface area contributed by atoms with Crippen molar-refractivity contribution < 1.29 is 57.5 Å². The van der Waals surface area contributed by atoms with Gasteiger partial charge in [-0.15, -0.1) is 6.58 Å². The Labute approximate surface area is 579 Å². The van der Waals surface area contributed by atoms with Crippen molar-refractivity contribution in [2.75, 3.05) is 75.0 Å². The fraction of sp³-hybridized carbons (Fsp3) is 0.623. The molecule has 9 atom stereocenters. The number of piperidine rings is 1. The van der Waals surface area contributed by atoms with Crippen LogP contribution >= 0.6 is 34.2 Å². The quantitative estimate of drug-likeness (QED) is 0.160. The first-order chi connectivity index (χ1) is 44.5. The normalized spacial score (nSPS) is 25.0. The van der Waals surface area contributed by atoms with Crippen LogP contribution in [0.25, 0.3) is 0 Å². The van der Waals surface area contributed by atoms with Gasteiger partial charge in [-0.2, -0.15) is 0 Å². The second-order valence-corrected chi connectivity index (χ2v) is 29.1. The summed E-state index contributed by atoms with van der Waals surface area (Å²) in [5, 5.41) is 11.8. The molecule has 26 heteroatoms. The Morgan fingerprint density at radius 2 is 1.26 bits per heavy atom. The predicted molar refractivity (Wildman–Crippen MR) is 371 cm³/mol. The topological polar surface area (TPSA) is 279 Å². The summed E-state index contributed by atoms with van der Waals surface area (Å²) in [4.78, 5) is 187. The van der Waals surface area contributed by atoms with Crippen LogP contribution in [0.5, 0.6) is 0 Å². The van der Waals surface area contributed by atoms with Gasteiger partial charge in [0.25, 0.3) is 0 Å². The van der Waals surface area contributed by atoms with Gasteiger partial charge in [0.15, 0.2) is 0 Å². The van der Waals surface area contributed by atoms with Crippen molar-refractivity contribution in [1.82, 2.24) is 60.5 Å².